The molecule has 0 saturated carbocycles. The highest BCUT2D eigenvalue weighted by Crippen LogP contribution is 2.14. The van der Waals surface area contributed by atoms with Crippen LogP contribution >= 0.6 is 11.8 Å². The van der Waals surface area contributed by atoms with E-state index in [9.17, 15) is 9.59 Å². The molecule has 2 aromatic rings. The van der Waals surface area contributed by atoms with Gasteiger partial charge in [-0.1, -0.05) is 12.1 Å². The molecule has 1 aromatic carbocycles. The number of para-hydroxylation sites is 1. The average molecular weight is 346 g/mol. The van der Waals surface area contributed by atoms with E-state index in [-0.39, 0.29) is 11.5 Å². The summed E-state index contributed by atoms with van der Waals surface area (Å²) in [5, 5.41) is 3.88. The maximum absolute atomic E-state index is 12.2. The minimum Gasteiger partial charge on any atom is -0.341 e. The number of carbonyl (C=O) groups excluding carboxylic acids is 1. The van der Waals surface area contributed by atoms with Crippen molar-refractivity contribution >= 4 is 28.6 Å². The van der Waals surface area contributed by atoms with Crippen LogP contribution in [-0.2, 0) is 10.5 Å². The first-order valence-electron chi connectivity index (χ1n) is 8.17. The number of hydrogen-bond acceptors (Lipinski definition) is 5. The monoisotopic (exact) mass is 346 g/mol. The Morgan fingerprint density at radius 3 is 3.04 bits per heavy atom. The smallest absolute Gasteiger partial charge is 0.258 e. The molecule has 2 N–H and O–H groups in total. The first-order valence-corrected chi connectivity index (χ1v) is 9.32. The minimum absolute atomic E-state index is 0.110. The van der Waals surface area contributed by atoms with Gasteiger partial charge in [-0.2, -0.15) is 11.8 Å². The molecule has 24 heavy (non-hydrogen) atoms. The van der Waals surface area contributed by atoms with Crippen molar-refractivity contribution in [1.82, 2.24) is 20.2 Å². The van der Waals surface area contributed by atoms with Gasteiger partial charge in [0, 0.05) is 31.8 Å². The second-order valence-electron chi connectivity index (χ2n) is 5.98. The van der Waals surface area contributed by atoms with E-state index in [2.05, 4.69) is 15.3 Å². The van der Waals surface area contributed by atoms with Crippen LogP contribution in [0, 0.1) is 0 Å². The quantitative estimate of drug-likeness (QED) is 0.773. The number of benzene rings is 1. The van der Waals surface area contributed by atoms with Gasteiger partial charge >= 0.3 is 0 Å². The van der Waals surface area contributed by atoms with Gasteiger partial charge in [0.05, 0.1) is 16.7 Å². The summed E-state index contributed by atoms with van der Waals surface area (Å²) in [5.74, 6) is 2.16. The van der Waals surface area contributed by atoms with E-state index >= 15 is 0 Å². The zero-order valence-corrected chi connectivity index (χ0v) is 14.6. The lowest BCUT2D eigenvalue weighted by Crippen LogP contribution is -2.38. The Morgan fingerprint density at radius 2 is 2.25 bits per heavy atom. The Morgan fingerprint density at radius 1 is 1.42 bits per heavy atom. The fourth-order valence-corrected chi connectivity index (χ4v) is 3.67. The molecule has 128 valence electrons. The molecule has 7 heteroatoms. The first kappa shape index (κ1) is 17.0. The largest absolute Gasteiger partial charge is 0.341 e. The van der Waals surface area contributed by atoms with Crippen molar-refractivity contribution in [2.45, 2.75) is 24.6 Å². The van der Waals surface area contributed by atoms with E-state index in [1.54, 1.807) is 17.8 Å². The van der Waals surface area contributed by atoms with Crippen molar-refractivity contribution in [1.29, 1.82) is 0 Å². The molecule has 3 rings (SSSR count). The number of carbonyl (C=O) groups is 1. The van der Waals surface area contributed by atoms with Gasteiger partial charge in [-0.05, 0) is 25.1 Å². The molecule has 1 saturated heterocycles. The Balaban J connectivity index is 1.49. The summed E-state index contributed by atoms with van der Waals surface area (Å²) >= 11 is 1.62. The molecule has 0 aliphatic carbocycles. The Hall–Kier alpha value is -1.86. The Labute approximate surface area is 145 Å². The molecule has 0 radical (unpaired) electrons. The van der Waals surface area contributed by atoms with Crippen LogP contribution in [0.15, 0.2) is 29.1 Å². The standard InChI is InChI=1S/C17H22N4O2S/c1-21(12-6-8-18-10-12)16(22)7-9-24-11-15-19-14-5-3-2-4-13(14)17(23)20-15/h2-5,12,18H,6-11H2,1H3,(H,19,20,23). The lowest BCUT2D eigenvalue weighted by Gasteiger charge is -2.23. The van der Waals surface area contributed by atoms with Gasteiger partial charge in [-0.15, -0.1) is 0 Å². The number of likely N-dealkylation sites (N-methyl/N-ethyl adjacent to an activating group) is 1. The summed E-state index contributed by atoms with van der Waals surface area (Å²) in [5.41, 5.74) is 0.599. The van der Waals surface area contributed by atoms with Crippen LogP contribution in [0.2, 0.25) is 0 Å². The van der Waals surface area contributed by atoms with Crippen molar-refractivity contribution in [2.24, 2.45) is 0 Å². The van der Waals surface area contributed by atoms with E-state index in [1.807, 2.05) is 30.1 Å². The summed E-state index contributed by atoms with van der Waals surface area (Å²) in [4.78, 5) is 33.3. The molecule has 0 bridgehead atoms. The second-order valence-corrected chi connectivity index (χ2v) is 7.09. The van der Waals surface area contributed by atoms with Crippen LogP contribution < -0.4 is 10.9 Å². The molecule has 1 unspecified atom stereocenters. The number of rotatable bonds is 6. The van der Waals surface area contributed by atoms with Crippen LogP contribution in [0.5, 0.6) is 0 Å². The Kier molecular flexibility index (Phi) is 5.52. The highest BCUT2D eigenvalue weighted by molar-refractivity contribution is 7.98. The minimum atomic E-state index is -0.110. The number of H-pyrrole nitrogens is 1. The number of fused-ring (bicyclic) bond motifs is 1. The van der Waals surface area contributed by atoms with Crippen LogP contribution in [0.1, 0.15) is 18.7 Å². The number of aromatic amines is 1. The maximum Gasteiger partial charge on any atom is 0.258 e. The third-order valence-electron chi connectivity index (χ3n) is 4.34. The van der Waals surface area contributed by atoms with E-state index in [4.69, 9.17) is 0 Å². The van der Waals surface area contributed by atoms with Crippen molar-refractivity contribution in [2.75, 3.05) is 25.9 Å². The topological polar surface area (TPSA) is 78.1 Å². The normalized spacial score (nSPS) is 17.3. The number of amides is 1. The highest BCUT2D eigenvalue weighted by Gasteiger charge is 2.22. The summed E-state index contributed by atoms with van der Waals surface area (Å²) in [6, 6.07) is 7.63. The molecule has 6 nitrogen and oxygen atoms in total. The van der Waals surface area contributed by atoms with Crippen LogP contribution in [0.3, 0.4) is 0 Å². The van der Waals surface area contributed by atoms with Gasteiger partial charge in [-0.25, -0.2) is 4.98 Å². The van der Waals surface area contributed by atoms with Gasteiger partial charge < -0.3 is 15.2 Å². The molecule has 1 atom stereocenters. The number of thioether (sulfide) groups is 1. The summed E-state index contributed by atoms with van der Waals surface area (Å²) < 4.78 is 0. The molecule has 1 amide bonds. The number of nitrogens with one attached hydrogen (secondary N) is 2. The number of aromatic nitrogens is 2. The van der Waals surface area contributed by atoms with Crippen molar-refractivity contribution in [3.8, 4) is 0 Å². The Bertz CT molecular complexity index is 771. The zero-order chi connectivity index (χ0) is 16.9. The first-order chi connectivity index (χ1) is 11.6. The fraction of sp³-hybridized carbons (Fsp3) is 0.471. The predicted octanol–water partition coefficient (Wildman–Crippen LogP) is 1.37. The second kappa shape index (κ2) is 7.81. The predicted molar refractivity (Wildman–Crippen MR) is 97.2 cm³/mol. The maximum atomic E-state index is 12.2. The summed E-state index contributed by atoms with van der Waals surface area (Å²) in [6.07, 6.45) is 1.53. The van der Waals surface area contributed by atoms with E-state index in [1.165, 1.54) is 0 Å². The van der Waals surface area contributed by atoms with E-state index in [0.29, 0.717) is 34.9 Å². The highest BCUT2D eigenvalue weighted by atomic mass is 32.2. The van der Waals surface area contributed by atoms with E-state index < -0.39 is 0 Å². The molecule has 1 aliphatic heterocycles. The van der Waals surface area contributed by atoms with Gasteiger partial charge in [0.2, 0.25) is 5.91 Å². The van der Waals surface area contributed by atoms with Gasteiger partial charge in [-0.3, -0.25) is 9.59 Å². The molecule has 1 aliphatic rings. The summed E-state index contributed by atoms with van der Waals surface area (Å²) in [6.45, 7) is 1.87. The number of hydrogen-bond donors (Lipinski definition) is 2. The van der Waals surface area contributed by atoms with Crippen LogP contribution in [-0.4, -0.2) is 52.7 Å². The molecule has 1 aromatic heterocycles. The summed E-state index contributed by atoms with van der Waals surface area (Å²) in [7, 11) is 1.88. The molecule has 1 fully saturated rings. The van der Waals surface area contributed by atoms with Crippen molar-refractivity contribution < 1.29 is 4.79 Å². The third-order valence-corrected chi connectivity index (χ3v) is 5.31. The lowest BCUT2D eigenvalue weighted by atomic mass is 10.2. The van der Waals surface area contributed by atoms with Crippen LogP contribution in [0.4, 0.5) is 0 Å². The molecule has 0 spiro atoms. The molecular formula is C17H22N4O2S. The van der Waals surface area contributed by atoms with Gasteiger partial charge in [0.1, 0.15) is 5.82 Å². The van der Waals surface area contributed by atoms with E-state index in [0.717, 1.165) is 25.3 Å². The average Bonchev–Trinajstić information content (AvgIpc) is 3.12. The van der Waals surface area contributed by atoms with Gasteiger partial charge in [0.15, 0.2) is 0 Å². The van der Waals surface area contributed by atoms with Crippen molar-refractivity contribution in [3.05, 3.63) is 40.4 Å². The fourth-order valence-electron chi connectivity index (χ4n) is 2.88. The number of nitrogens with zero attached hydrogens (tertiary/aromatic N) is 2. The SMILES string of the molecule is CN(C(=O)CCSCc1nc2ccccc2c(=O)[nH]1)C1CCNC1. The van der Waals surface area contributed by atoms with Gasteiger partial charge in [0.25, 0.3) is 5.56 Å². The molecular weight excluding hydrogens is 324 g/mol. The zero-order valence-electron chi connectivity index (χ0n) is 13.7. The van der Waals surface area contributed by atoms with Crippen LogP contribution in [0.25, 0.3) is 10.9 Å². The van der Waals surface area contributed by atoms with Crippen molar-refractivity contribution in [3.63, 3.8) is 0 Å². The third kappa shape index (κ3) is 3.96. The molecule has 2 heterocycles. The lowest BCUT2D eigenvalue weighted by molar-refractivity contribution is -0.131.